The van der Waals surface area contributed by atoms with Crippen molar-refractivity contribution in [1.29, 1.82) is 0 Å². The molecular formula is C35H43N5O6. The van der Waals surface area contributed by atoms with Gasteiger partial charge in [0.05, 0.1) is 29.4 Å². The topological polar surface area (TPSA) is 125 Å². The molecule has 0 radical (unpaired) electrons. The van der Waals surface area contributed by atoms with E-state index in [1.807, 2.05) is 28.0 Å². The summed E-state index contributed by atoms with van der Waals surface area (Å²) in [6.45, 7) is 6.42. The van der Waals surface area contributed by atoms with Crippen LogP contribution in [0.4, 0.5) is 4.79 Å². The molecule has 6 heterocycles. The van der Waals surface area contributed by atoms with Crippen LogP contribution < -0.4 is 10.1 Å². The molecule has 11 nitrogen and oxygen atoms in total. The molecule has 0 spiro atoms. The average Bonchev–Trinajstić information content (AvgIpc) is 3.44. The number of aromatic nitrogens is 1. The van der Waals surface area contributed by atoms with Crippen molar-refractivity contribution in [2.75, 3.05) is 46.4 Å². The van der Waals surface area contributed by atoms with E-state index in [9.17, 15) is 19.5 Å². The molecule has 11 heteroatoms. The molecular weight excluding hydrogens is 586 g/mol. The summed E-state index contributed by atoms with van der Waals surface area (Å²) in [6, 6.07) is 6.13. The van der Waals surface area contributed by atoms with Crippen molar-refractivity contribution < 1.29 is 29.0 Å². The first kappa shape index (κ1) is 30.8. The number of benzene rings is 1. The molecule has 5 aliphatic heterocycles. The predicted molar refractivity (Wildman–Crippen MR) is 172 cm³/mol. The number of aliphatic hydroxyl groups excluding tert-OH is 1. The summed E-state index contributed by atoms with van der Waals surface area (Å²) in [6.07, 6.45) is 7.14. The van der Waals surface area contributed by atoms with Gasteiger partial charge in [-0.3, -0.25) is 9.59 Å². The number of hydrogen-bond acceptors (Lipinski definition) is 10. The number of likely N-dealkylation sites (N-methyl/N-ethyl adjacent to an activating group) is 1. The third-order valence-corrected chi connectivity index (χ3v) is 10.3. The quantitative estimate of drug-likeness (QED) is 0.441. The van der Waals surface area contributed by atoms with Crippen molar-refractivity contribution in [3.05, 3.63) is 52.2 Å². The Labute approximate surface area is 269 Å². The molecule has 1 aromatic heterocycles. The molecule has 46 heavy (non-hydrogen) atoms. The number of esters is 1. The minimum Gasteiger partial charge on any atom is -0.460 e. The van der Waals surface area contributed by atoms with Gasteiger partial charge in [-0.05, 0) is 87.7 Å². The van der Waals surface area contributed by atoms with Gasteiger partial charge in [-0.15, -0.1) is 0 Å². The van der Waals surface area contributed by atoms with Crippen LogP contribution >= 0.6 is 0 Å². The Bertz CT molecular complexity index is 1620. The van der Waals surface area contributed by atoms with Crippen molar-refractivity contribution in [1.82, 2.24) is 25.0 Å². The highest BCUT2D eigenvalue weighted by atomic mass is 16.6. The molecule has 2 saturated heterocycles. The van der Waals surface area contributed by atoms with E-state index < -0.39 is 18.1 Å². The normalized spacial score (nSPS) is 23.5. The van der Waals surface area contributed by atoms with Crippen LogP contribution in [-0.4, -0.2) is 101 Å². The summed E-state index contributed by atoms with van der Waals surface area (Å²) in [7, 11) is 1.69. The largest absolute Gasteiger partial charge is 0.460 e. The summed E-state index contributed by atoms with van der Waals surface area (Å²) >= 11 is 0. The lowest BCUT2D eigenvalue weighted by atomic mass is 9.84. The maximum Gasteiger partial charge on any atom is 0.415 e. The van der Waals surface area contributed by atoms with E-state index in [2.05, 4.69) is 17.1 Å². The van der Waals surface area contributed by atoms with Crippen molar-refractivity contribution >= 4 is 34.4 Å². The number of rotatable bonds is 7. The molecule has 2 fully saturated rings. The number of Topliss-reactive ketones (excluding diaryl/α,β-unsaturated/α-hetero) is 1. The number of ketones is 1. The van der Waals surface area contributed by atoms with Gasteiger partial charge in [-0.2, -0.15) is 0 Å². The van der Waals surface area contributed by atoms with Crippen LogP contribution in [0, 0.1) is 5.92 Å². The van der Waals surface area contributed by atoms with Crippen molar-refractivity contribution in [2.45, 2.75) is 70.7 Å². The number of nitrogens with zero attached hydrogens (tertiary/aromatic N) is 4. The van der Waals surface area contributed by atoms with Gasteiger partial charge in [0.15, 0.2) is 6.23 Å². The zero-order chi connectivity index (χ0) is 31.9. The third kappa shape index (κ3) is 5.58. The predicted octanol–water partition coefficient (Wildman–Crippen LogP) is 3.38. The molecule has 1 amide bonds. The summed E-state index contributed by atoms with van der Waals surface area (Å²) < 4.78 is 11.3. The number of allylic oxidation sites excluding steroid dienone is 1. The number of likely N-dealkylation sites (tertiary alicyclic amines) is 2. The molecule has 2 aromatic rings. The lowest BCUT2D eigenvalue weighted by Crippen LogP contribution is -2.48. The number of aliphatic hydroxyl groups is 1. The first-order valence-electron chi connectivity index (χ1n) is 16.7. The number of carbonyl (C=O) groups is 3. The number of ether oxygens (including phenoxy) is 2. The van der Waals surface area contributed by atoms with Crippen LogP contribution in [-0.2, 0) is 27.3 Å². The van der Waals surface area contributed by atoms with E-state index in [-0.39, 0.29) is 31.4 Å². The smallest absolute Gasteiger partial charge is 0.415 e. The van der Waals surface area contributed by atoms with Gasteiger partial charge < -0.3 is 34.6 Å². The Balaban J connectivity index is 1.13. The Hall–Kier alpha value is -3.80. The van der Waals surface area contributed by atoms with Crippen molar-refractivity contribution in [3.63, 3.8) is 0 Å². The fourth-order valence-electron chi connectivity index (χ4n) is 7.95. The van der Waals surface area contributed by atoms with E-state index in [1.54, 1.807) is 13.1 Å². The molecule has 1 aromatic carbocycles. The Morgan fingerprint density at radius 2 is 1.91 bits per heavy atom. The minimum absolute atomic E-state index is 0.00513. The van der Waals surface area contributed by atoms with E-state index >= 15 is 0 Å². The second-order valence-corrected chi connectivity index (χ2v) is 13.1. The minimum atomic E-state index is -0.998. The average molecular weight is 630 g/mol. The van der Waals surface area contributed by atoms with Gasteiger partial charge in [-0.25, -0.2) is 9.78 Å². The van der Waals surface area contributed by atoms with Crippen LogP contribution in [0.15, 0.2) is 35.4 Å². The maximum atomic E-state index is 13.2. The van der Waals surface area contributed by atoms with Gasteiger partial charge in [0.2, 0.25) is 0 Å². The summed E-state index contributed by atoms with van der Waals surface area (Å²) in [5, 5.41) is 15.3. The van der Waals surface area contributed by atoms with Crippen LogP contribution in [0.1, 0.15) is 62.3 Å². The van der Waals surface area contributed by atoms with Crippen LogP contribution in [0.3, 0.4) is 0 Å². The number of fused-ring (bicyclic) bond motifs is 4. The molecule has 244 valence electrons. The molecule has 5 aliphatic rings. The van der Waals surface area contributed by atoms with E-state index in [1.165, 1.54) is 32.4 Å². The van der Waals surface area contributed by atoms with Gasteiger partial charge in [0.1, 0.15) is 18.1 Å². The monoisotopic (exact) mass is 629 g/mol. The molecule has 2 atom stereocenters. The Morgan fingerprint density at radius 1 is 1.13 bits per heavy atom. The Morgan fingerprint density at radius 3 is 2.65 bits per heavy atom. The highest BCUT2D eigenvalue weighted by Crippen LogP contribution is 2.45. The number of carbonyl (C=O) groups excluding carboxylic acids is 3. The summed E-state index contributed by atoms with van der Waals surface area (Å²) in [5.41, 5.74) is 5.59. The fraction of sp³-hybridized carbons (Fsp3) is 0.543. The molecule has 0 bridgehead atoms. The lowest BCUT2D eigenvalue weighted by Gasteiger charge is -2.39. The number of nitrogens with one attached hydrogen (secondary N) is 1. The zero-order valence-corrected chi connectivity index (χ0v) is 26.7. The fourth-order valence-corrected chi connectivity index (χ4v) is 7.95. The molecule has 2 N–H and O–H groups in total. The van der Waals surface area contributed by atoms with E-state index in [0.29, 0.717) is 42.6 Å². The van der Waals surface area contributed by atoms with Gasteiger partial charge >= 0.3 is 12.1 Å². The number of aryl methyl sites for hydroxylation is 1. The molecule has 1 unspecified atom stereocenters. The first-order chi connectivity index (χ1) is 22.4. The number of piperidine rings is 2. The first-order valence-corrected chi connectivity index (χ1v) is 16.7. The van der Waals surface area contributed by atoms with Crippen molar-refractivity contribution in [2.24, 2.45) is 5.92 Å². The summed E-state index contributed by atoms with van der Waals surface area (Å²) in [5.74, 6) is -0.829. The van der Waals surface area contributed by atoms with E-state index in [0.717, 1.165) is 52.7 Å². The lowest BCUT2D eigenvalue weighted by molar-refractivity contribution is -0.149. The maximum absolute atomic E-state index is 13.2. The van der Waals surface area contributed by atoms with Crippen LogP contribution in [0.5, 0.6) is 5.75 Å². The third-order valence-electron chi connectivity index (χ3n) is 10.3. The van der Waals surface area contributed by atoms with Crippen molar-refractivity contribution in [3.8, 4) is 5.75 Å². The molecule has 0 aliphatic carbocycles. The van der Waals surface area contributed by atoms with E-state index in [4.69, 9.17) is 14.5 Å². The SMILES string of the molecule is CCc1c2c(nc3ccc(OC(=O)N4CCC(N5CCCCC5)CC4)cc13)C1=CC3=C(COC(=O)[C@H]3CC(=O)CNC)C(O)N1C2. The second-order valence-electron chi connectivity index (χ2n) is 13.1. The number of pyridine rings is 1. The number of amides is 1. The molecule has 7 rings (SSSR count). The highest BCUT2D eigenvalue weighted by Gasteiger charge is 2.43. The summed E-state index contributed by atoms with van der Waals surface area (Å²) in [4.78, 5) is 49.8. The van der Waals surface area contributed by atoms with Gasteiger partial charge in [0, 0.05) is 48.6 Å². The zero-order valence-electron chi connectivity index (χ0n) is 26.7. The highest BCUT2D eigenvalue weighted by molar-refractivity contribution is 5.92. The number of hydrogen-bond donors (Lipinski definition) is 2. The number of cyclic esters (lactones) is 1. The second kappa shape index (κ2) is 12.8. The Kier molecular flexibility index (Phi) is 8.56. The van der Waals surface area contributed by atoms with Crippen LogP contribution in [0.25, 0.3) is 16.6 Å². The standard InChI is InChI=1S/C35H43N5O6/c1-3-24-26-16-23(46-35(44)39-13-9-21(10-14-39)38-11-5-4-6-12-38)7-8-30(26)37-32-28(24)19-40-31(32)17-25-27(15-22(41)18-36-2)34(43)45-20-29(25)33(40)42/h7-8,16-17,21,27,33,36,42H,3-6,9-15,18-20H2,1-2H3/t27-,33?/m0/s1. The van der Waals surface area contributed by atoms with Gasteiger partial charge in [-0.1, -0.05) is 13.3 Å². The van der Waals surface area contributed by atoms with Gasteiger partial charge in [0.25, 0.3) is 0 Å². The van der Waals surface area contributed by atoms with Crippen LogP contribution in [0.2, 0.25) is 0 Å². The molecule has 0 saturated carbocycles.